The van der Waals surface area contributed by atoms with Crippen LogP contribution in [0.3, 0.4) is 0 Å². The lowest BCUT2D eigenvalue weighted by Gasteiger charge is -2.38. The number of hydrogen-bond acceptors (Lipinski definition) is 5. The van der Waals surface area contributed by atoms with Gasteiger partial charge in [0.2, 0.25) is 0 Å². The maximum Gasteiger partial charge on any atom is 0.471 e. The number of rotatable bonds is 7. The van der Waals surface area contributed by atoms with Crippen LogP contribution in [0, 0.1) is 0 Å². The molecule has 0 aliphatic carbocycles. The minimum absolute atomic E-state index is 0.0811. The van der Waals surface area contributed by atoms with E-state index in [0.717, 1.165) is 10.5 Å². The lowest BCUT2D eigenvalue weighted by Crippen LogP contribution is -2.47. The number of amides is 1. The highest BCUT2D eigenvalue weighted by Crippen LogP contribution is 2.42. The second kappa shape index (κ2) is 9.64. The maximum atomic E-state index is 13.5. The molecule has 0 saturated carbocycles. The Balaban J connectivity index is 2.17. The third-order valence-electron chi connectivity index (χ3n) is 5.78. The van der Waals surface area contributed by atoms with Gasteiger partial charge >= 0.3 is 12.1 Å². The van der Waals surface area contributed by atoms with E-state index in [4.69, 9.17) is 18.9 Å². The van der Waals surface area contributed by atoms with Gasteiger partial charge in [0.1, 0.15) is 0 Å². The summed E-state index contributed by atoms with van der Waals surface area (Å²) in [6, 6.07) is 5.90. The van der Waals surface area contributed by atoms with Gasteiger partial charge in [-0.2, -0.15) is 13.2 Å². The zero-order valence-electron chi connectivity index (χ0n) is 18.9. The summed E-state index contributed by atoms with van der Waals surface area (Å²) < 4.78 is 61.8. The van der Waals surface area contributed by atoms with E-state index in [-0.39, 0.29) is 19.4 Å². The van der Waals surface area contributed by atoms with Crippen LogP contribution < -0.4 is 18.9 Å². The maximum absolute atomic E-state index is 13.5. The van der Waals surface area contributed by atoms with Gasteiger partial charge in [-0.3, -0.25) is 4.79 Å². The Morgan fingerprint density at radius 1 is 1.00 bits per heavy atom. The van der Waals surface area contributed by atoms with Gasteiger partial charge in [-0.05, 0) is 59.4 Å². The summed E-state index contributed by atoms with van der Waals surface area (Å²) in [6.45, 7) is 3.73. The standard InChI is InChI=1S/C24H26F3NO5/c1-6-14-10-19(30-2)21(32-4)12-16(14)9-18-17-13-22(33-5)20(31-3)11-15(17)7-8-28(18)23(29)24(25,26)27/h6,10-13,18H,1,7-9H2,2-5H3/t18-/m1/s1. The zero-order valence-corrected chi connectivity index (χ0v) is 18.9. The molecule has 9 heteroatoms. The first-order valence-electron chi connectivity index (χ1n) is 10.2. The van der Waals surface area contributed by atoms with Crippen molar-refractivity contribution in [1.29, 1.82) is 0 Å². The Labute approximate surface area is 190 Å². The van der Waals surface area contributed by atoms with Crippen LogP contribution in [0.2, 0.25) is 0 Å². The minimum Gasteiger partial charge on any atom is -0.493 e. The lowest BCUT2D eigenvalue weighted by molar-refractivity contribution is -0.188. The monoisotopic (exact) mass is 465 g/mol. The van der Waals surface area contributed by atoms with Gasteiger partial charge in [-0.15, -0.1) is 0 Å². The molecule has 1 amide bonds. The third-order valence-corrected chi connectivity index (χ3v) is 5.78. The molecule has 1 aliphatic rings. The van der Waals surface area contributed by atoms with E-state index in [9.17, 15) is 18.0 Å². The number of methoxy groups -OCH3 is 4. The summed E-state index contributed by atoms with van der Waals surface area (Å²) in [7, 11) is 5.90. The molecule has 0 radical (unpaired) electrons. The first-order chi connectivity index (χ1) is 15.7. The third kappa shape index (κ3) is 4.72. The van der Waals surface area contributed by atoms with Gasteiger partial charge in [-0.1, -0.05) is 12.7 Å². The average molecular weight is 465 g/mol. The van der Waals surface area contributed by atoms with Crippen molar-refractivity contribution in [3.8, 4) is 23.0 Å². The Kier molecular flexibility index (Phi) is 7.09. The van der Waals surface area contributed by atoms with Crippen molar-refractivity contribution >= 4 is 12.0 Å². The van der Waals surface area contributed by atoms with Crippen LogP contribution in [0.1, 0.15) is 28.3 Å². The highest BCUT2D eigenvalue weighted by Gasteiger charge is 2.46. The molecule has 0 aromatic heterocycles. The van der Waals surface area contributed by atoms with Gasteiger partial charge in [0, 0.05) is 6.54 Å². The second-order valence-electron chi connectivity index (χ2n) is 7.48. The number of nitrogens with zero attached hydrogens (tertiary/aromatic N) is 1. The number of alkyl halides is 3. The Morgan fingerprint density at radius 3 is 2.09 bits per heavy atom. The van der Waals surface area contributed by atoms with Crippen molar-refractivity contribution in [2.75, 3.05) is 35.0 Å². The summed E-state index contributed by atoms with van der Waals surface area (Å²) in [5.41, 5.74) is 2.70. The quantitative estimate of drug-likeness (QED) is 0.599. The molecule has 1 heterocycles. The number of carbonyl (C=O) groups excluding carboxylic acids is 1. The van der Waals surface area contributed by atoms with Gasteiger partial charge in [0.25, 0.3) is 0 Å². The van der Waals surface area contributed by atoms with E-state index in [1.165, 1.54) is 28.4 Å². The molecule has 0 bridgehead atoms. The summed E-state index contributed by atoms with van der Waals surface area (Å²) in [4.78, 5) is 13.2. The number of hydrogen-bond donors (Lipinski definition) is 0. The first-order valence-corrected chi connectivity index (χ1v) is 10.2. The van der Waals surface area contributed by atoms with Crippen molar-refractivity contribution in [1.82, 2.24) is 4.90 Å². The SMILES string of the molecule is C=Cc1cc(OC)c(OC)cc1C[C@@H]1c2cc(OC)c(OC)cc2CCN1C(=O)C(F)(F)F. The van der Waals surface area contributed by atoms with E-state index in [2.05, 4.69) is 6.58 Å². The predicted octanol–water partition coefficient (Wildman–Crippen LogP) is 4.59. The van der Waals surface area contributed by atoms with Crippen molar-refractivity contribution < 1.29 is 36.9 Å². The number of ether oxygens (including phenoxy) is 4. The smallest absolute Gasteiger partial charge is 0.471 e. The zero-order chi connectivity index (χ0) is 24.3. The largest absolute Gasteiger partial charge is 0.493 e. The van der Waals surface area contributed by atoms with Gasteiger partial charge < -0.3 is 23.8 Å². The summed E-state index contributed by atoms with van der Waals surface area (Å²) >= 11 is 0. The van der Waals surface area contributed by atoms with Crippen LogP contribution in [-0.2, 0) is 17.6 Å². The van der Waals surface area contributed by atoms with Crippen LogP contribution in [0.4, 0.5) is 13.2 Å². The Morgan fingerprint density at radius 2 is 1.55 bits per heavy atom. The highest BCUT2D eigenvalue weighted by molar-refractivity contribution is 5.83. The topological polar surface area (TPSA) is 57.2 Å². The average Bonchev–Trinajstić information content (AvgIpc) is 2.81. The number of halogens is 3. The fourth-order valence-corrected chi connectivity index (χ4v) is 4.17. The van der Waals surface area contributed by atoms with Crippen LogP contribution in [0.15, 0.2) is 30.8 Å². The van der Waals surface area contributed by atoms with E-state index >= 15 is 0 Å². The Bertz CT molecular complexity index is 1050. The summed E-state index contributed by atoms with van der Waals surface area (Å²) in [5.74, 6) is -0.138. The fraction of sp³-hybridized carbons (Fsp3) is 0.375. The van der Waals surface area contributed by atoms with Crippen molar-refractivity contribution in [2.24, 2.45) is 0 Å². The molecule has 6 nitrogen and oxygen atoms in total. The molecule has 1 aliphatic heterocycles. The summed E-state index contributed by atoms with van der Waals surface area (Å²) in [5, 5.41) is 0. The van der Waals surface area contributed by atoms with Crippen molar-refractivity contribution in [3.63, 3.8) is 0 Å². The molecular weight excluding hydrogens is 439 g/mol. The van der Waals surface area contributed by atoms with Gasteiger partial charge in [0.05, 0.1) is 34.5 Å². The molecule has 0 N–H and O–H groups in total. The molecule has 0 fully saturated rings. The first kappa shape index (κ1) is 24.3. The molecule has 0 unspecified atom stereocenters. The lowest BCUT2D eigenvalue weighted by atomic mass is 9.86. The Hall–Kier alpha value is -3.36. The molecule has 1 atom stereocenters. The molecule has 0 saturated heterocycles. The van der Waals surface area contributed by atoms with Gasteiger partial charge in [-0.25, -0.2) is 0 Å². The fourth-order valence-electron chi connectivity index (χ4n) is 4.17. The molecule has 2 aromatic carbocycles. The van der Waals surface area contributed by atoms with Gasteiger partial charge in [0.15, 0.2) is 23.0 Å². The molecule has 2 aromatic rings. The second-order valence-corrected chi connectivity index (χ2v) is 7.48. The number of fused-ring (bicyclic) bond motifs is 1. The molecule has 0 spiro atoms. The van der Waals surface area contributed by atoms with E-state index in [1.54, 1.807) is 30.3 Å². The van der Waals surface area contributed by atoms with Crippen LogP contribution in [-0.4, -0.2) is 52.0 Å². The minimum atomic E-state index is -4.99. The van der Waals surface area contributed by atoms with E-state index in [1.807, 2.05) is 0 Å². The van der Waals surface area contributed by atoms with Crippen molar-refractivity contribution in [2.45, 2.75) is 25.1 Å². The molecule has 178 valence electrons. The highest BCUT2D eigenvalue weighted by atomic mass is 19.4. The number of carbonyl (C=O) groups is 1. The van der Waals surface area contributed by atoms with E-state index in [0.29, 0.717) is 39.7 Å². The number of benzene rings is 2. The van der Waals surface area contributed by atoms with E-state index < -0.39 is 18.1 Å². The normalized spacial score (nSPS) is 15.5. The van der Waals surface area contributed by atoms with Crippen LogP contribution in [0.25, 0.3) is 6.08 Å². The van der Waals surface area contributed by atoms with Crippen LogP contribution in [0.5, 0.6) is 23.0 Å². The summed E-state index contributed by atoms with van der Waals surface area (Å²) in [6.07, 6.45) is -3.04. The molecular formula is C24H26F3NO5. The van der Waals surface area contributed by atoms with Crippen molar-refractivity contribution in [3.05, 3.63) is 53.1 Å². The van der Waals surface area contributed by atoms with Crippen LogP contribution >= 0.6 is 0 Å². The molecule has 33 heavy (non-hydrogen) atoms. The predicted molar refractivity (Wildman–Crippen MR) is 117 cm³/mol. The molecule has 3 rings (SSSR count).